The zero-order chi connectivity index (χ0) is 46.4. The Balaban J connectivity index is 1.12. The van der Waals surface area contributed by atoms with E-state index < -0.39 is 0 Å². The molecule has 11 aromatic carbocycles. The van der Waals surface area contributed by atoms with E-state index in [2.05, 4.69) is 276 Å². The van der Waals surface area contributed by atoms with Gasteiger partial charge >= 0.3 is 0 Å². The Morgan fingerprint density at radius 2 is 0.857 bits per heavy atom. The molecule has 0 N–H and O–H groups in total. The first kappa shape index (κ1) is 41.2. The van der Waals surface area contributed by atoms with Gasteiger partial charge in [-0.15, -0.1) is 0 Å². The third-order valence-corrected chi connectivity index (χ3v) is 14.2. The Labute approximate surface area is 409 Å². The van der Waals surface area contributed by atoms with Gasteiger partial charge in [0.15, 0.2) is 0 Å². The molecular weight excluding hydrogens is 845 g/mol. The molecule has 0 unspecified atom stereocenters. The molecule has 70 heavy (non-hydrogen) atoms. The topological polar surface area (TPSA) is 8.17 Å². The second-order valence-corrected chi connectivity index (χ2v) is 18.3. The standard InChI is InChI=1S/C68H48N2/c1-4-21-48(22-5-1)57-43-41-51(55-35-18-26-47-25-10-11-31-54(47)55)45-66(57)70(65-40-17-14-34-60(65)62-37-20-28-50-27-19-36-58(68(50)62)49-23-6-2-7-24-49)63-38-15-12-32-56(63)52-42-44-61-59-33-13-16-39-64(59)69(67(61)46-52)53-29-8-3-9-30-53/h1-2,4-8,10-46H,3,9H2. The molecule has 1 aromatic heterocycles. The predicted octanol–water partition coefficient (Wildman–Crippen LogP) is 19.1. The smallest absolute Gasteiger partial charge is 0.0547 e. The molecule has 13 rings (SSSR count). The van der Waals surface area contributed by atoms with Gasteiger partial charge in [0.2, 0.25) is 0 Å². The number of fused-ring (bicyclic) bond motifs is 5. The van der Waals surface area contributed by atoms with Crippen LogP contribution in [0.5, 0.6) is 0 Å². The van der Waals surface area contributed by atoms with Crippen LogP contribution in [0.4, 0.5) is 17.1 Å². The average Bonchev–Trinajstić information content (AvgIpc) is 3.77. The average molecular weight is 893 g/mol. The molecule has 0 saturated heterocycles. The second kappa shape index (κ2) is 17.6. The molecular formula is C68H48N2. The fraction of sp³-hybridized carbons (Fsp3) is 0.0294. The van der Waals surface area contributed by atoms with Gasteiger partial charge in [0.05, 0.1) is 28.1 Å². The van der Waals surface area contributed by atoms with Gasteiger partial charge in [-0.2, -0.15) is 0 Å². The molecule has 2 nitrogen and oxygen atoms in total. The summed E-state index contributed by atoms with van der Waals surface area (Å²) in [5.41, 5.74) is 18.6. The summed E-state index contributed by atoms with van der Waals surface area (Å²) in [4.78, 5) is 2.55. The first-order valence-corrected chi connectivity index (χ1v) is 24.4. The molecule has 330 valence electrons. The van der Waals surface area contributed by atoms with Gasteiger partial charge in [0.25, 0.3) is 0 Å². The summed E-state index contributed by atoms with van der Waals surface area (Å²) in [5, 5.41) is 7.39. The highest BCUT2D eigenvalue weighted by molar-refractivity contribution is 6.13. The molecule has 1 aliphatic carbocycles. The number of para-hydroxylation sites is 3. The molecule has 1 aliphatic rings. The Kier molecular flexibility index (Phi) is 10.4. The van der Waals surface area contributed by atoms with E-state index in [9.17, 15) is 0 Å². The van der Waals surface area contributed by atoms with E-state index in [1.807, 2.05) is 0 Å². The molecule has 12 aromatic rings. The summed E-state index contributed by atoms with van der Waals surface area (Å²) in [6, 6.07) is 91.6. The summed E-state index contributed by atoms with van der Waals surface area (Å²) in [6.45, 7) is 0. The van der Waals surface area contributed by atoms with Crippen molar-refractivity contribution in [2.45, 2.75) is 12.8 Å². The van der Waals surface area contributed by atoms with Crippen LogP contribution in [-0.2, 0) is 0 Å². The van der Waals surface area contributed by atoms with Crippen LogP contribution in [0, 0.1) is 0 Å². The van der Waals surface area contributed by atoms with E-state index in [0.717, 1.165) is 63.3 Å². The maximum Gasteiger partial charge on any atom is 0.0547 e. The predicted molar refractivity (Wildman–Crippen MR) is 299 cm³/mol. The van der Waals surface area contributed by atoms with Crippen molar-refractivity contribution < 1.29 is 0 Å². The maximum atomic E-state index is 2.55. The van der Waals surface area contributed by atoms with Crippen LogP contribution in [-0.4, -0.2) is 4.57 Å². The van der Waals surface area contributed by atoms with Crippen LogP contribution in [0.15, 0.2) is 267 Å². The highest BCUT2D eigenvalue weighted by Crippen LogP contribution is 2.51. The summed E-state index contributed by atoms with van der Waals surface area (Å²) >= 11 is 0. The fourth-order valence-corrected chi connectivity index (χ4v) is 11.0. The molecule has 0 fully saturated rings. The van der Waals surface area contributed by atoms with Crippen molar-refractivity contribution in [2.75, 3.05) is 4.90 Å². The van der Waals surface area contributed by atoms with E-state index in [-0.39, 0.29) is 0 Å². The number of hydrogen-bond donors (Lipinski definition) is 0. The Morgan fingerprint density at radius 3 is 1.63 bits per heavy atom. The van der Waals surface area contributed by atoms with E-state index in [0.29, 0.717) is 0 Å². The fourth-order valence-electron chi connectivity index (χ4n) is 11.0. The number of hydrogen-bond acceptors (Lipinski definition) is 1. The van der Waals surface area contributed by atoms with E-state index >= 15 is 0 Å². The van der Waals surface area contributed by atoms with E-state index in [4.69, 9.17) is 0 Å². The van der Waals surface area contributed by atoms with Crippen molar-refractivity contribution in [3.63, 3.8) is 0 Å². The van der Waals surface area contributed by atoms with E-state index in [1.54, 1.807) is 0 Å². The van der Waals surface area contributed by atoms with E-state index in [1.165, 1.54) is 71.3 Å². The normalized spacial score (nSPS) is 12.5. The lowest BCUT2D eigenvalue weighted by molar-refractivity contribution is 1.02. The van der Waals surface area contributed by atoms with Gasteiger partial charge in [0, 0.05) is 33.2 Å². The van der Waals surface area contributed by atoms with Gasteiger partial charge in [0.1, 0.15) is 0 Å². The minimum atomic E-state index is 1.03. The van der Waals surface area contributed by atoms with Crippen LogP contribution >= 0.6 is 0 Å². The van der Waals surface area contributed by atoms with Crippen LogP contribution in [0.25, 0.3) is 105 Å². The molecule has 0 spiro atoms. The molecule has 0 radical (unpaired) electrons. The Morgan fingerprint density at radius 1 is 0.314 bits per heavy atom. The molecule has 0 saturated carbocycles. The third-order valence-electron chi connectivity index (χ3n) is 14.2. The van der Waals surface area contributed by atoms with Crippen molar-refractivity contribution in [3.8, 4) is 55.6 Å². The monoisotopic (exact) mass is 892 g/mol. The van der Waals surface area contributed by atoms with Crippen molar-refractivity contribution in [1.29, 1.82) is 0 Å². The quantitative estimate of drug-likeness (QED) is 0.140. The first-order valence-electron chi connectivity index (χ1n) is 24.4. The van der Waals surface area contributed by atoms with Gasteiger partial charge in [-0.25, -0.2) is 0 Å². The molecule has 2 heteroatoms. The molecule has 1 heterocycles. The minimum absolute atomic E-state index is 1.03. The second-order valence-electron chi connectivity index (χ2n) is 18.3. The van der Waals surface area contributed by atoms with Gasteiger partial charge in [-0.3, -0.25) is 0 Å². The first-order chi connectivity index (χ1) is 34.8. The van der Waals surface area contributed by atoms with Crippen molar-refractivity contribution in [1.82, 2.24) is 4.57 Å². The highest BCUT2D eigenvalue weighted by atomic mass is 15.2. The third kappa shape index (κ3) is 7.12. The lowest BCUT2D eigenvalue weighted by Crippen LogP contribution is -2.14. The number of benzene rings is 11. The molecule has 0 atom stereocenters. The number of aromatic nitrogens is 1. The molecule has 0 aliphatic heterocycles. The minimum Gasteiger partial charge on any atom is -0.310 e. The van der Waals surface area contributed by atoms with Crippen LogP contribution in [0.3, 0.4) is 0 Å². The largest absolute Gasteiger partial charge is 0.310 e. The number of rotatable bonds is 9. The van der Waals surface area contributed by atoms with Gasteiger partial charge < -0.3 is 9.47 Å². The SMILES string of the molecule is C1=CC(n2c3ccccc3c3ccc(-c4ccccc4N(c4cc(-c5cccc6ccccc56)ccc4-c4ccccc4)c4ccccc4-c4cccc5cccc(-c6ccccc6)c45)cc32)=CCC1. The molecule has 0 amide bonds. The zero-order valence-electron chi connectivity index (χ0n) is 38.7. The molecule has 0 bridgehead atoms. The lowest BCUT2D eigenvalue weighted by atomic mass is 9.89. The summed E-state index contributed by atoms with van der Waals surface area (Å²) < 4.78 is 2.46. The Hall–Kier alpha value is -8.98. The zero-order valence-corrected chi connectivity index (χ0v) is 38.7. The maximum absolute atomic E-state index is 2.55. The van der Waals surface area contributed by atoms with Crippen LogP contribution in [0.1, 0.15) is 12.8 Å². The number of allylic oxidation sites excluding steroid dienone is 4. The van der Waals surface area contributed by atoms with Gasteiger partial charge in [-0.05, 0) is 110 Å². The highest BCUT2D eigenvalue weighted by Gasteiger charge is 2.26. The van der Waals surface area contributed by atoms with Crippen LogP contribution in [0.2, 0.25) is 0 Å². The lowest BCUT2D eigenvalue weighted by Gasteiger charge is -2.32. The summed E-state index contributed by atoms with van der Waals surface area (Å²) in [6.07, 6.45) is 9.08. The summed E-state index contributed by atoms with van der Waals surface area (Å²) in [5.74, 6) is 0. The number of anilines is 3. The van der Waals surface area contributed by atoms with Crippen molar-refractivity contribution in [3.05, 3.63) is 267 Å². The van der Waals surface area contributed by atoms with Crippen molar-refractivity contribution in [2.24, 2.45) is 0 Å². The summed E-state index contributed by atoms with van der Waals surface area (Å²) in [7, 11) is 0. The van der Waals surface area contributed by atoms with Crippen molar-refractivity contribution >= 4 is 66.1 Å². The number of nitrogens with zero attached hydrogens (tertiary/aromatic N) is 2. The van der Waals surface area contributed by atoms with Crippen LogP contribution < -0.4 is 4.90 Å². The Bertz CT molecular complexity index is 3990. The van der Waals surface area contributed by atoms with Gasteiger partial charge in [-0.1, -0.05) is 231 Å².